The molecule has 0 atom stereocenters. The van der Waals surface area contributed by atoms with Gasteiger partial charge in [0.05, 0.1) is 19.4 Å². The summed E-state index contributed by atoms with van der Waals surface area (Å²) >= 11 is 0. The number of furan rings is 1. The molecule has 0 spiro atoms. The van der Waals surface area contributed by atoms with Crippen molar-refractivity contribution in [3.63, 3.8) is 0 Å². The van der Waals surface area contributed by atoms with E-state index >= 15 is 0 Å². The Balaban J connectivity index is 0.000000303. The van der Waals surface area contributed by atoms with Gasteiger partial charge in [-0.15, -0.1) is 48.0 Å². The molecule has 0 aliphatic rings. The number of aromatic nitrogens is 2. The number of nitrogens with zero attached hydrogens (tertiary/aromatic N) is 2. The van der Waals surface area contributed by atoms with E-state index in [2.05, 4.69) is 80.1 Å². The van der Waals surface area contributed by atoms with Crippen LogP contribution in [0.3, 0.4) is 0 Å². The SMILES string of the molecule is [2H]C(C)(C)c1cc(-c2[c-]c3c(C)c(-c4ccccc4)oc3c(-c3ccccc3)c2)ncc1[Si](C)(C)C.[Ir].[c-]1ccccc1-c1ccccn1. The van der Waals surface area contributed by atoms with Crippen LogP contribution in [-0.2, 0) is 20.1 Å². The minimum Gasteiger partial charge on any atom is -0.499 e. The van der Waals surface area contributed by atoms with Gasteiger partial charge in [0, 0.05) is 45.1 Å². The van der Waals surface area contributed by atoms with E-state index in [4.69, 9.17) is 10.8 Å². The van der Waals surface area contributed by atoms with Gasteiger partial charge >= 0.3 is 0 Å². The molecule has 0 saturated heterocycles. The molecule has 0 aliphatic heterocycles. The third-order valence-electron chi connectivity index (χ3n) is 8.24. The molecular formula is C43H40IrN2OSi-2. The molecule has 0 unspecified atom stereocenters. The van der Waals surface area contributed by atoms with Gasteiger partial charge < -0.3 is 9.40 Å². The van der Waals surface area contributed by atoms with Gasteiger partial charge in [-0.25, -0.2) is 0 Å². The molecular weight excluding hydrogens is 781 g/mol. The zero-order valence-corrected chi connectivity index (χ0v) is 31.7. The number of hydrogen-bond acceptors (Lipinski definition) is 3. The fourth-order valence-electron chi connectivity index (χ4n) is 5.76. The smallest absolute Gasteiger partial charge is 0.0944 e. The number of fused-ring (bicyclic) bond motifs is 1. The Kier molecular flexibility index (Phi) is 10.6. The van der Waals surface area contributed by atoms with E-state index in [-0.39, 0.29) is 20.1 Å². The first-order valence-electron chi connectivity index (χ1n) is 16.5. The van der Waals surface area contributed by atoms with Gasteiger partial charge in [-0.1, -0.05) is 141 Å². The first kappa shape index (κ1) is 33.5. The maximum absolute atomic E-state index is 8.86. The maximum Gasteiger partial charge on any atom is 0.0944 e. The van der Waals surface area contributed by atoms with Crippen LogP contribution in [0.15, 0.2) is 132 Å². The average molecular weight is 822 g/mol. The van der Waals surface area contributed by atoms with E-state index < -0.39 is 14.0 Å². The van der Waals surface area contributed by atoms with Gasteiger partial charge in [0.15, 0.2) is 0 Å². The summed E-state index contributed by atoms with van der Waals surface area (Å²) < 4.78 is 15.4. The van der Waals surface area contributed by atoms with Gasteiger partial charge in [0.1, 0.15) is 0 Å². The Bertz CT molecular complexity index is 2100. The Morgan fingerprint density at radius 2 is 1.42 bits per heavy atom. The molecule has 5 heteroatoms. The standard InChI is InChI=1S/C32H32NOSi.C11H8N.Ir/c1-21(2)26-19-29(33-20-30(26)35(4,5)6)25-17-27-22(3)31(24-15-11-8-12-16-24)34-32(27)28(18-25)23-13-9-7-10-14-23;1-2-6-10(7-3-1)11-8-4-5-9-12-11;/h7-16,18-21H,1-6H3;1-6,8-9H;/q2*-1;/i21D;;. The molecule has 0 fully saturated rings. The predicted octanol–water partition coefficient (Wildman–Crippen LogP) is 11.2. The molecule has 4 aromatic carbocycles. The molecule has 243 valence electrons. The first-order chi connectivity index (χ1) is 23.0. The van der Waals surface area contributed by atoms with Crippen molar-refractivity contribution in [1.29, 1.82) is 0 Å². The molecule has 48 heavy (non-hydrogen) atoms. The number of benzene rings is 4. The second-order valence-electron chi connectivity index (χ2n) is 12.9. The summed E-state index contributed by atoms with van der Waals surface area (Å²) in [6.07, 6.45) is 3.79. The van der Waals surface area contributed by atoms with Gasteiger partial charge in [0.2, 0.25) is 0 Å². The molecule has 0 saturated carbocycles. The van der Waals surface area contributed by atoms with Crippen LogP contribution in [0.25, 0.3) is 55.9 Å². The number of hydrogen-bond donors (Lipinski definition) is 0. The number of pyridine rings is 2. The molecule has 7 rings (SSSR count). The van der Waals surface area contributed by atoms with Crippen LogP contribution in [0, 0.1) is 19.1 Å². The summed E-state index contributed by atoms with van der Waals surface area (Å²) in [5.41, 5.74) is 9.88. The van der Waals surface area contributed by atoms with Crippen LogP contribution < -0.4 is 5.19 Å². The van der Waals surface area contributed by atoms with Gasteiger partial charge in [-0.05, 0) is 34.0 Å². The van der Waals surface area contributed by atoms with Crippen molar-refractivity contribution in [3.8, 4) is 45.0 Å². The summed E-state index contributed by atoms with van der Waals surface area (Å²) in [5.74, 6) is 0.150. The van der Waals surface area contributed by atoms with Crippen molar-refractivity contribution in [3.05, 3.63) is 151 Å². The molecule has 7 aromatic rings. The van der Waals surface area contributed by atoms with Crippen LogP contribution in [0.4, 0.5) is 0 Å². The largest absolute Gasteiger partial charge is 0.499 e. The molecule has 0 amide bonds. The molecule has 3 aromatic heterocycles. The summed E-state index contributed by atoms with van der Waals surface area (Å²) in [7, 11) is -1.67. The van der Waals surface area contributed by atoms with Crippen molar-refractivity contribution >= 4 is 24.2 Å². The van der Waals surface area contributed by atoms with Gasteiger partial charge in [0.25, 0.3) is 0 Å². The van der Waals surface area contributed by atoms with E-state index in [1.807, 2.05) is 98.9 Å². The monoisotopic (exact) mass is 822 g/mol. The minimum atomic E-state index is -1.67. The fraction of sp³-hybridized carbons (Fsp3) is 0.163. The third kappa shape index (κ3) is 7.66. The zero-order chi connectivity index (χ0) is 33.9. The Morgan fingerprint density at radius 1 is 0.750 bits per heavy atom. The Hall–Kier alpha value is -4.41. The van der Waals surface area contributed by atoms with Crippen molar-refractivity contribution in [2.45, 2.75) is 46.3 Å². The van der Waals surface area contributed by atoms with E-state index in [9.17, 15) is 0 Å². The summed E-state index contributed by atoms with van der Waals surface area (Å²) in [5, 5.41) is 2.20. The molecule has 0 bridgehead atoms. The fourth-order valence-corrected chi connectivity index (χ4v) is 7.34. The second-order valence-corrected chi connectivity index (χ2v) is 18.0. The van der Waals surface area contributed by atoms with Crippen molar-refractivity contribution in [2.24, 2.45) is 0 Å². The van der Waals surface area contributed by atoms with E-state index in [1.165, 1.54) is 5.19 Å². The second kappa shape index (κ2) is 15.2. The van der Waals surface area contributed by atoms with Gasteiger partial charge in [-0.3, -0.25) is 4.98 Å². The number of rotatable bonds is 6. The zero-order valence-electron chi connectivity index (χ0n) is 29.3. The van der Waals surface area contributed by atoms with Crippen LogP contribution in [0.1, 0.15) is 32.2 Å². The quantitative estimate of drug-likeness (QED) is 0.124. The molecule has 3 nitrogen and oxygen atoms in total. The van der Waals surface area contributed by atoms with Crippen LogP contribution >= 0.6 is 0 Å². The third-order valence-corrected chi connectivity index (χ3v) is 10.3. The molecule has 0 N–H and O–H groups in total. The average Bonchev–Trinajstić information content (AvgIpc) is 3.44. The van der Waals surface area contributed by atoms with Crippen LogP contribution in [0.5, 0.6) is 0 Å². The Morgan fingerprint density at radius 3 is 2.02 bits per heavy atom. The van der Waals surface area contributed by atoms with Crippen molar-refractivity contribution < 1.29 is 25.9 Å². The topological polar surface area (TPSA) is 38.9 Å². The summed E-state index contributed by atoms with van der Waals surface area (Å²) in [6.45, 7) is 13.0. The Labute approximate surface area is 300 Å². The normalized spacial score (nSPS) is 11.7. The predicted molar refractivity (Wildman–Crippen MR) is 199 cm³/mol. The molecule has 1 radical (unpaired) electrons. The summed E-state index contributed by atoms with van der Waals surface area (Å²) in [4.78, 5) is 9.13. The van der Waals surface area contributed by atoms with Gasteiger partial charge in [-0.2, -0.15) is 0 Å². The minimum absolute atomic E-state index is 0. The molecule has 3 heterocycles. The first-order valence-corrected chi connectivity index (χ1v) is 19.5. The van der Waals surface area contributed by atoms with Crippen LogP contribution in [-0.4, -0.2) is 18.0 Å². The summed E-state index contributed by atoms with van der Waals surface area (Å²) in [6, 6.07) is 45.3. The van der Waals surface area contributed by atoms with E-state index in [0.29, 0.717) is 0 Å². The maximum atomic E-state index is 8.86. The van der Waals surface area contributed by atoms with E-state index in [1.54, 1.807) is 6.20 Å². The van der Waals surface area contributed by atoms with Crippen LogP contribution in [0.2, 0.25) is 19.6 Å². The van der Waals surface area contributed by atoms with E-state index in [0.717, 1.165) is 67.1 Å². The van der Waals surface area contributed by atoms with Crippen molar-refractivity contribution in [1.82, 2.24) is 9.97 Å². The van der Waals surface area contributed by atoms with Crippen molar-refractivity contribution in [2.75, 3.05) is 0 Å². The number of aryl methyl sites for hydroxylation is 1. The molecule has 0 aliphatic carbocycles.